The van der Waals surface area contributed by atoms with Crippen LogP contribution in [-0.4, -0.2) is 34.7 Å². The number of rotatable bonds is 11. The summed E-state index contributed by atoms with van der Waals surface area (Å²) < 4.78 is 18.6. The molecule has 0 saturated heterocycles. The summed E-state index contributed by atoms with van der Waals surface area (Å²) in [5.41, 5.74) is 0.800. The molecule has 0 fully saturated rings. The number of hydrogen-bond donors (Lipinski definition) is 0. The number of carbonyl (C=O) groups is 2. The van der Waals surface area contributed by atoms with Gasteiger partial charge in [-0.2, -0.15) is 0 Å². The van der Waals surface area contributed by atoms with Gasteiger partial charge in [0.2, 0.25) is 11.8 Å². The van der Waals surface area contributed by atoms with Crippen LogP contribution >= 0.6 is 0 Å². The maximum atomic E-state index is 13.2. The Morgan fingerprint density at radius 3 is 2.46 bits per heavy atom. The second-order valence-electron chi connectivity index (χ2n) is 6.62. The fraction of sp³-hybridized carbons (Fsp3) is 0.364. The van der Waals surface area contributed by atoms with Crippen molar-refractivity contribution in [2.24, 2.45) is 0 Å². The van der Waals surface area contributed by atoms with Gasteiger partial charge in [0.25, 0.3) is 0 Å². The number of amides is 2. The smallest absolute Gasteiger partial charge is 0.242 e. The summed E-state index contributed by atoms with van der Waals surface area (Å²) in [7, 11) is 0. The highest BCUT2D eigenvalue weighted by atomic mass is 19.1. The zero-order valence-corrected chi connectivity index (χ0v) is 16.3. The second-order valence-corrected chi connectivity index (χ2v) is 6.62. The molecule has 0 bridgehead atoms. The minimum absolute atomic E-state index is 0.0313. The first kappa shape index (κ1) is 21.4. The molecule has 0 radical (unpaired) electrons. The molecule has 2 rings (SSSR count). The Balaban J connectivity index is 2.12. The first-order valence-corrected chi connectivity index (χ1v) is 9.46. The van der Waals surface area contributed by atoms with Crippen LogP contribution in [0.3, 0.4) is 0 Å². The average Bonchev–Trinajstić information content (AvgIpc) is 3.20. The zero-order chi connectivity index (χ0) is 20.4. The molecular formula is C22H27FN2O3. The summed E-state index contributed by atoms with van der Waals surface area (Å²) >= 11 is 0. The molecule has 0 aliphatic carbocycles. The van der Waals surface area contributed by atoms with Gasteiger partial charge in [0.15, 0.2) is 0 Å². The molecule has 2 amide bonds. The lowest BCUT2D eigenvalue weighted by molar-refractivity contribution is -0.141. The van der Waals surface area contributed by atoms with Crippen molar-refractivity contribution >= 4 is 11.8 Å². The quantitative estimate of drug-likeness (QED) is 0.545. The van der Waals surface area contributed by atoms with Crippen LogP contribution in [0.4, 0.5) is 4.39 Å². The molecule has 2 aromatic rings. The van der Waals surface area contributed by atoms with Crippen LogP contribution in [0.1, 0.15) is 37.5 Å². The van der Waals surface area contributed by atoms with E-state index >= 15 is 0 Å². The van der Waals surface area contributed by atoms with E-state index in [0.29, 0.717) is 25.3 Å². The van der Waals surface area contributed by atoms with Crippen LogP contribution in [0.15, 0.2) is 59.7 Å². The van der Waals surface area contributed by atoms with Crippen molar-refractivity contribution < 1.29 is 18.4 Å². The largest absolute Gasteiger partial charge is 0.467 e. The lowest BCUT2D eigenvalue weighted by Gasteiger charge is -2.27. The van der Waals surface area contributed by atoms with Crippen LogP contribution in [0.2, 0.25) is 0 Å². The number of hydrogen-bond acceptors (Lipinski definition) is 3. The molecule has 0 spiro atoms. The third kappa shape index (κ3) is 6.68. The van der Waals surface area contributed by atoms with Crippen molar-refractivity contribution in [1.82, 2.24) is 9.80 Å². The number of nitrogens with zero attached hydrogens (tertiary/aromatic N) is 2. The number of carbonyl (C=O) groups excluding carboxylic acids is 2. The maximum Gasteiger partial charge on any atom is 0.242 e. The first-order chi connectivity index (χ1) is 13.5. The zero-order valence-electron chi connectivity index (χ0n) is 16.3. The van der Waals surface area contributed by atoms with Crippen LogP contribution < -0.4 is 0 Å². The van der Waals surface area contributed by atoms with E-state index in [2.05, 4.69) is 6.58 Å². The van der Waals surface area contributed by atoms with E-state index in [0.717, 1.165) is 18.4 Å². The van der Waals surface area contributed by atoms with E-state index in [-0.39, 0.29) is 30.7 Å². The van der Waals surface area contributed by atoms with Crippen molar-refractivity contribution in [3.05, 3.63) is 72.5 Å². The van der Waals surface area contributed by atoms with Crippen molar-refractivity contribution in [1.29, 1.82) is 0 Å². The highest BCUT2D eigenvalue weighted by Crippen LogP contribution is 2.13. The van der Waals surface area contributed by atoms with E-state index < -0.39 is 0 Å². The van der Waals surface area contributed by atoms with Crippen LogP contribution in [-0.2, 0) is 22.7 Å². The van der Waals surface area contributed by atoms with Gasteiger partial charge in [-0.15, -0.1) is 6.58 Å². The molecule has 150 valence electrons. The second kappa shape index (κ2) is 11.1. The van der Waals surface area contributed by atoms with E-state index in [9.17, 15) is 14.0 Å². The molecular weight excluding hydrogens is 359 g/mol. The molecule has 0 aliphatic heterocycles. The molecule has 0 atom stereocenters. The van der Waals surface area contributed by atoms with E-state index in [1.54, 1.807) is 41.5 Å². The minimum Gasteiger partial charge on any atom is -0.467 e. The van der Waals surface area contributed by atoms with E-state index in [1.807, 2.05) is 6.92 Å². The summed E-state index contributed by atoms with van der Waals surface area (Å²) in [6.07, 6.45) is 5.28. The van der Waals surface area contributed by atoms with Crippen molar-refractivity contribution in [2.45, 2.75) is 39.3 Å². The third-order valence-electron chi connectivity index (χ3n) is 4.34. The van der Waals surface area contributed by atoms with Gasteiger partial charge in [-0.1, -0.05) is 31.6 Å². The molecule has 0 unspecified atom stereocenters. The normalized spacial score (nSPS) is 10.5. The van der Waals surface area contributed by atoms with Gasteiger partial charge >= 0.3 is 0 Å². The number of halogens is 1. The predicted molar refractivity (Wildman–Crippen MR) is 106 cm³/mol. The molecule has 1 heterocycles. The lowest BCUT2D eigenvalue weighted by atomic mass is 10.2. The molecule has 1 aromatic heterocycles. The standard InChI is InChI=1S/C22H27FN2O3/c1-3-5-8-21(26)24(13-4-2)17-22(27)25(16-20-7-6-14-28-20)15-18-9-11-19(23)12-10-18/h4,6-7,9-12,14H,2-3,5,8,13,15-17H2,1H3. The average molecular weight is 386 g/mol. The highest BCUT2D eigenvalue weighted by Gasteiger charge is 2.21. The highest BCUT2D eigenvalue weighted by molar-refractivity contribution is 5.85. The van der Waals surface area contributed by atoms with Crippen LogP contribution in [0.25, 0.3) is 0 Å². The van der Waals surface area contributed by atoms with Crippen LogP contribution in [0, 0.1) is 5.82 Å². The Morgan fingerprint density at radius 1 is 1.11 bits per heavy atom. The van der Waals surface area contributed by atoms with Gasteiger partial charge in [0, 0.05) is 19.5 Å². The molecule has 0 saturated carbocycles. The maximum absolute atomic E-state index is 13.2. The Bertz CT molecular complexity index is 757. The Morgan fingerprint density at radius 2 is 1.86 bits per heavy atom. The Hall–Kier alpha value is -2.89. The van der Waals surface area contributed by atoms with E-state index in [1.165, 1.54) is 17.0 Å². The van der Waals surface area contributed by atoms with Crippen molar-refractivity contribution in [3.8, 4) is 0 Å². The SMILES string of the molecule is C=CCN(CC(=O)N(Cc1ccc(F)cc1)Cc1ccco1)C(=O)CCCC. The molecule has 6 heteroatoms. The third-order valence-corrected chi connectivity index (χ3v) is 4.34. The summed E-state index contributed by atoms with van der Waals surface area (Å²) in [5.74, 6) is 0.0524. The van der Waals surface area contributed by atoms with Gasteiger partial charge in [0.05, 0.1) is 12.8 Å². The molecule has 28 heavy (non-hydrogen) atoms. The summed E-state index contributed by atoms with van der Waals surface area (Å²) in [4.78, 5) is 28.5. The van der Waals surface area contributed by atoms with Gasteiger partial charge in [0.1, 0.15) is 18.1 Å². The summed E-state index contributed by atoms with van der Waals surface area (Å²) in [5, 5.41) is 0. The van der Waals surface area contributed by atoms with Gasteiger partial charge in [-0.25, -0.2) is 4.39 Å². The number of unbranched alkanes of at least 4 members (excludes halogenated alkanes) is 1. The van der Waals surface area contributed by atoms with Gasteiger partial charge in [-0.05, 0) is 36.2 Å². The molecule has 5 nitrogen and oxygen atoms in total. The van der Waals surface area contributed by atoms with E-state index in [4.69, 9.17) is 4.42 Å². The first-order valence-electron chi connectivity index (χ1n) is 9.46. The summed E-state index contributed by atoms with van der Waals surface area (Å²) in [6.45, 7) is 6.56. The Kier molecular flexibility index (Phi) is 8.46. The fourth-order valence-electron chi connectivity index (χ4n) is 2.79. The van der Waals surface area contributed by atoms with Gasteiger partial charge in [-0.3, -0.25) is 9.59 Å². The summed E-state index contributed by atoms with van der Waals surface area (Å²) in [6, 6.07) is 9.57. The number of benzene rings is 1. The predicted octanol–water partition coefficient (Wildman–Crippen LogP) is 4.15. The minimum atomic E-state index is -0.327. The monoisotopic (exact) mass is 386 g/mol. The van der Waals surface area contributed by atoms with Crippen LogP contribution in [0.5, 0.6) is 0 Å². The van der Waals surface area contributed by atoms with Crippen molar-refractivity contribution in [2.75, 3.05) is 13.1 Å². The topological polar surface area (TPSA) is 53.8 Å². The molecule has 0 N–H and O–H groups in total. The molecule has 1 aromatic carbocycles. The lowest BCUT2D eigenvalue weighted by Crippen LogP contribution is -2.42. The Labute approximate surface area is 165 Å². The molecule has 0 aliphatic rings. The van der Waals surface area contributed by atoms with Crippen molar-refractivity contribution in [3.63, 3.8) is 0 Å². The number of furan rings is 1. The van der Waals surface area contributed by atoms with Gasteiger partial charge < -0.3 is 14.2 Å². The fourth-order valence-corrected chi connectivity index (χ4v) is 2.79.